The molecule has 0 bridgehead atoms. The van der Waals surface area contributed by atoms with Crippen molar-refractivity contribution in [1.29, 1.82) is 0 Å². The second-order valence-corrected chi connectivity index (χ2v) is 7.84. The molecule has 1 aliphatic rings. The molecule has 1 heterocycles. The van der Waals surface area contributed by atoms with Gasteiger partial charge < -0.3 is 10.2 Å². The van der Waals surface area contributed by atoms with Gasteiger partial charge in [0.25, 0.3) is 0 Å². The van der Waals surface area contributed by atoms with E-state index in [0.717, 1.165) is 57.9 Å². The smallest absolute Gasteiger partial charge is 0.303 e. The number of unbranched alkanes of at least 4 members (excludes halogenated alkanes) is 5. The van der Waals surface area contributed by atoms with Gasteiger partial charge in [-0.2, -0.15) is 0 Å². The van der Waals surface area contributed by atoms with E-state index in [1.165, 1.54) is 25.0 Å². The van der Waals surface area contributed by atoms with Crippen LogP contribution in [0.1, 0.15) is 84.0 Å². The summed E-state index contributed by atoms with van der Waals surface area (Å²) in [6.45, 7) is 3.30. The Morgan fingerprint density at radius 2 is 1.96 bits per heavy atom. The number of aliphatic carboxylic acids is 1. The first-order chi connectivity index (χ1) is 11.1. The van der Waals surface area contributed by atoms with Gasteiger partial charge in [0, 0.05) is 24.8 Å². The molecule has 1 aliphatic heterocycles. The van der Waals surface area contributed by atoms with Gasteiger partial charge in [0.2, 0.25) is 0 Å². The van der Waals surface area contributed by atoms with Crippen molar-refractivity contribution < 1.29 is 15.0 Å². The lowest BCUT2D eigenvalue weighted by Crippen LogP contribution is -2.26. The second kappa shape index (κ2) is 13.1. The lowest BCUT2D eigenvalue weighted by atomic mass is 10.0. The third kappa shape index (κ3) is 10.3. The van der Waals surface area contributed by atoms with Gasteiger partial charge in [0.1, 0.15) is 0 Å². The van der Waals surface area contributed by atoms with E-state index in [4.69, 9.17) is 5.11 Å². The van der Waals surface area contributed by atoms with Crippen molar-refractivity contribution in [2.24, 2.45) is 0 Å². The fourth-order valence-electron chi connectivity index (χ4n) is 3.15. The highest BCUT2D eigenvalue weighted by molar-refractivity contribution is 7.97. The van der Waals surface area contributed by atoms with Crippen LogP contribution in [-0.4, -0.2) is 44.9 Å². The lowest BCUT2D eigenvalue weighted by molar-refractivity contribution is -0.137. The third-order valence-corrected chi connectivity index (χ3v) is 5.84. The molecular formula is C18H35NO3S. The number of carboxylic acids is 1. The van der Waals surface area contributed by atoms with Gasteiger partial charge in [-0.1, -0.05) is 51.0 Å². The fourth-order valence-corrected chi connectivity index (χ4v) is 4.44. The van der Waals surface area contributed by atoms with Crippen molar-refractivity contribution in [3.8, 4) is 0 Å². The van der Waals surface area contributed by atoms with Crippen molar-refractivity contribution in [2.75, 3.05) is 12.3 Å². The maximum atomic E-state index is 10.5. The maximum absolute atomic E-state index is 10.5. The zero-order chi connectivity index (χ0) is 16.9. The van der Waals surface area contributed by atoms with Gasteiger partial charge in [-0.05, 0) is 38.5 Å². The van der Waals surface area contributed by atoms with E-state index < -0.39 is 5.97 Å². The molecule has 2 unspecified atom stereocenters. The molecule has 5 heteroatoms. The highest BCUT2D eigenvalue weighted by Crippen LogP contribution is 2.30. The zero-order valence-corrected chi connectivity index (χ0v) is 15.5. The molecule has 2 atom stereocenters. The van der Waals surface area contributed by atoms with E-state index >= 15 is 0 Å². The average molecular weight is 346 g/mol. The average Bonchev–Trinajstić information content (AvgIpc) is 2.96. The number of nitrogens with zero attached hydrogens (tertiary/aromatic N) is 1. The van der Waals surface area contributed by atoms with E-state index in [2.05, 4.69) is 11.2 Å². The lowest BCUT2D eigenvalue weighted by Gasteiger charge is -2.24. The van der Waals surface area contributed by atoms with Crippen molar-refractivity contribution in [1.82, 2.24) is 4.31 Å². The van der Waals surface area contributed by atoms with Crippen molar-refractivity contribution >= 4 is 17.9 Å². The monoisotopic (exact) mass is 345 g/mol. The van der Waals surface area contributed by atoms with E-state index in [1.54, 1.807) is 0 Å². The van der Waals surface area contributed by atoms with Crippen LogP contribution in [-0.2, 0) is 4.79 Å². The third-order valence-electron chi connectivity index (χ3n) is 4.61. The van der Waals surface area contributed by atoms with Gasteiger partial charge in [0.05, 0.1) is 6.10 Å². The van der Waals surface area contributed by atoms with Crippen LogP contribution in [0.25, 0.3) is 0 Å². The Kier molecular flexibility index (Phi) is 11.8. The molecule has 0 radical (unpaired) electrons. The second-order valence-electron chi connectivity index (χ2n) is 6.70. The van der Waals surface area contributed by atoms with Gasteiger partial charge in [-0.3, -0.25) is 4.79 Å². The molecule has 0 aromatic heterocycles. The minimum Gasteiger partial charge on any atom is -0.481 e. The summed E-state index contributed by atoms with van der Waals surface area (Å²) in [5.41, 5.74) is 0. The summed E-state index contributed by atoms with van der Waals surface area (Å²) in [7, 11) is 0. The maximum Gasteiger partial charge on any atom is 0.303 e. The van der Waals surface area contributed by atoms with E-state index in [9.17, 15) is 9.90 Å². The first-order valence-electron chi connectivity index (χ1n) is 9.43. The molecule has 0 aromatic rings. The highest BCUT2D eigenvalue weighted by Gasteiger charge is 2.25. The van der Waals surface area contributed by atoms with Gasteiger partial charge in [-0.15, -0.1) is 0 Å². The Hall–Kier alpha value is -0.260. The van der Waals surface area contributed by atoms with E-state index in [0.29, 0.717) is 12.5 Å². The molecule has 136 valence electrons. The number of aliphatic hydroxyl groups is 1. The molecule has 1 saturated heterocycles. The quantitative estimate of drug-likeness (QED) is 0.359. The van der Waals surface area contributed by atoms with Gasteiger partial charge in [0.15, 0.2) is 0 Å². The number of carbonyl (C=O) groups is 1. The van der Waals surface area contributed by atoms with Crippen LogP contribution in [0.3, 0.4) is 0 Å². The first-order valence-corrected chi connectivity index (χ1v) is 10.4. The van der Waals surface area contributed by atoms with Crippen LogP contribution in [0.5, 0.6) is 0 Å². The summed E-state index contributed by atoms with van der Waals surface area (Å²) in [5, 5.41) is 18.7. The summed E-state index contributed by atoms with van der Waals surface area (Å²) in [5.74, 6) is 0.521. The molecule has 2 N–H and O–H groups in total. The van der Waals surface area contributed by atoms with Crippen LogP contribution < -0.4 is 0 Å². The Bertz CT molecular complexity index is 315. The Morgan fingerprint density at radius 1 is 1.17 bits per heavy atom. The SMILES string of the molecule is CCCCCC(O)CCC1CCSN1CCCCCCC(=O)O. The van der Waals surface area contributed by atoms with Crippen LogP contribution in [0.2, 0.25) is 0 Å². The van der Waals surface area contributed by atoms with Gasteiger partial charge >= 0.3 is 5.97 Å². The number of carboxylic acid groups (broad SMARTS) is 1. The Balaban J connectivity index is 2.07. The van der Waals surface area contributed by atoms with E-state index in [1.807, 2.05) is 11.9 Å². The van der Waals surface area contributed by atoms with Gasteiger partial charge in [-0.25, -0.2) is 4.31 Å². The predicted molar refractivity (Wildman–Crippen MR) is 97.7 cm³/mol. The molecule has 4 nitrogen and oxygen atoms in total. The molecular weight excluding hydrogens is 310 g/mol. The van der Waals surface area contributed by atoms with Crippen LogP contribution in [0.15, 0.2) is 0 Å². The fraction of sp³-hybridized carbons (Fsp3) is 0.944. The molecule has 1 rings (SSSR count). The molecule has 0 aliphatic carbocycles. The number of hydrogen-bond donors (Lipinski definition) is 2. The molecule has 0 spiro atoms. The summed E-state index contributed by atoms with van der Waals surface area (Å²) < 4.78 is 2.51. The Labute approximate surface area is 146 Å². The molecule has 0 aromatic carbocycles. The van der Waals surface area contributed by atoms with E-state index in [-0.39, 0.29) is 6.10 Å². The Morgan fingerprint density at radius 3 is 2.70 bits per heavy atom. The summed E-state index contributed by atoms with van der Waals surface area (Å²) in [6.07, 6.45) is 12.1. The largest absolute Gasteiger partial charge is 0.481 e. The predicted octanol–water partition coefficient (Wildman–Crippen LogP) is 4.47. The molecule has 1 fully saturated rings. The van der Waals surface area contributed by atoms with Crippen LogP contribution in [0, 0.1) is 0 Å². The summed E-state index contributed by atoms with van der Waals surface area (Å²) in [4.78, 5) is 10.5. The van der Waals surface area contributed by atoms with Crippen molar-refractivity contribution in [3.63, 3.8) is 0 Å². The standard InChI is InChI=1S/C18H35NO3S/c1-2-3-6-9-17(20)12-11-16-13-15-23-19(16)14-8-5-4-7-10-18(21)22/h16-17,20H,2-15H2,1H3,(H,21,22). The van der Waals surface area contributed by atoms with Crippen molar-refractivity contribution in [2.45, 2.75) is 96.1 Å². The van der Waals surface area contributed by atoms with Crippen molar-refractivity contribution in [3.05, 3.63) is 0 Å². The van der Waals surface area contributed by atoms with Crippen LogP contribution >= 0.6 is 11.9 Å². The molecule has 23 heavy (non-hydrogen) atoms. The minimum absolute atomic E-state index is 0.120. The first kappa shape index (κ1) is 20.8. The minimum atomic E-state index is -0.683. The zero-order valence-electron chi connectivity index (χ0n) is 14.7. The highest BCUT2D eigenvalue weighted by atomic mass is 32.2. The number of hydrogen-bond acceptors (Lipinski definition) is 4. The molecule has 0 amide bonds. The van der Waals surface area contributed by atoms with Crippen LogP contribution in [0.4, 0.5) is 0 Å². The number of rotatable bonds is 14. The summed E-state index contributed by atoms with van der Waals surface area (Å²) in [6, 6.07) is 0.625. The molecule has 0 saturated carbocycles. The normalized spacial score (nSPS) is 20.0. The number of aliphatic hydroxyl groups excluding tert-OH is 1. The summed E-state index contributed by atoms with van der Waals surface area (Å²) >= 11 is 1.95. The topological polar surface area (TPSA) is 60.8 Å².